The number of amides is 1. The van der Waals surface area contributed by atoms with Crippen LogP contribution < -0.4 is 10.6 Å². The number of carbonyl (C=O) groups excluding carboxylic acids is 1. The van der Waals surface area contributed by atoms with E-state index < -0.39 is 17.7 Å². The number of carboxylic acid groups (broad SMARTS) is 1. The SMILES string of the molecule is CC(C)(C)OC(=O)NC1CCC(Nc2ccccc2C(=O)O)C1. The highest BCUT2D eigenvalue weighted by atomic mass is 16.6. The predicted octanol–water partition coefficient (Wildman–Crippen LogP) is 3.24. The summed E-state index contributed by atoms with van der Waals surface area (Å²) in [7, 11) is 0. The monoisotopic (exact) mass is 320 g/mol. The van der Waals surface area contributed by atoms with E-state index in [1.807, 2.05) is 20.8 Å². The van der Waals surface area contributed by atoms with Crippen molar-refractivity contribution >= 4 is 17.7 Å². The fraction of sp³-hybridized carbons (Fsp3) is 0.529. The second-order valence-corrected chi connectivity index (χ2v) is 6.85. The first-order valence-electron chi connectivity index (χ1n) is 7.83. The minimum absolute atomic E-state index is 0.0411. The van der Waals surface area contributed by atoms with Crippen LogP contribution in [-0.4, -0.2) is 34.9 Å². The van der Waals surface area contributed by atoms with Gasteiger partial charge in [-0.15, -0.1) is 0 Å². The van der Waals surface area contributed by atoms with Crippen LogP contribution in [0.3, 0.4) is 0 Å². The maximum absolute atomic E-state index is 11.8. The van der Waals surface area contributed by atoms with Gasteiger partial charge in [0.05, 0.1) is 5.56 Å². The Labute approximate surface area is 136 Å². The molecule has 0 aliphatic heterocycles. The average Bonchev–Trinajstić information content (AvgIpc) is 2.84. The first-order valence-corrected chi connectivity index (χ1v) is 7.83. The van der Waals surface area contributed by atoms with Crippen LogP contribution in [0, 0.1) is 0 Å². The lowest BCUT2D eigenvalue weighted by Gasteiger charge is -2.22. The van der Waals surface area contributed by atoms with Gasteiger partial charge in [-0.05, 0) is 52.2 Å². The summed E-state index contributed by atoms with van der Waals surface area (Å²) in [4.78, 5) is 23.0. The van der Waals surface area contributed by atoms with Crippen LogP contribution in [0.2, 0.25) is 0 Å². The lowest BCUT2D eigenvalue weighted by molar-refractivity contribution is 0.0505. The van der Waals surface area contributed by atoms with Crippen molar-refractivity contribution in [2.45, 2.75) is 57.7 Å². The Balaban J connectivity index is 1.89. The van der Waals surface area contributed by atoms with E-state index in [4.69, 9.17) is 4.74 Å². The zero-order chi connectivity index (χ0) is 17.0. The van der Waals surface area contributed by atoms with Crippen molar-refractivity contribution in [3.8, 4) is 0 Å². The first kappa shape index (κ1) is 17.1. The van der Waals surface area contributed by atoms with Gasteiger partial charge >= 0.3 is 12.1 Å². The molecule has 1 aromatic carbocycles. The average molecular weight is 320 g/mol. The zero-order valence-corrected chi connectivity index (χ0v) is 13.8. The molecule has 1 saturated carbocycles. The molecule has 1 aliphatic carbocycles. The molecule has 1 aromatic rings. The van der Waals surface area contributed by atoms with Gasteiger partial charge in [0.2, 0.25) is 0 Å². The number of benzene rings is 1. The van der Waals surface area contributed by atoms with Gasteiger partial charge in [0.1, 0.15) is 5.60 Å². The second-order valence-electron chi connectivity index (χ2n) is 6.85. The third-order valence-corrected chi connectivity index (χ3v) is 3.67. The van der Waals surface area contributed by atoms with Gasteiger partial charge in [0, 0.05) is 17.8 Å². The van der Waals surface area contributed by atoms with E-state index in [0.717, 1.165) is 19.3 Å². The molecule has 126 valence electrons. The Morgan fingerprint density at radius 1 is 1.17 bits per heavy atom. The maximum atomic E-state index is 11.8. The van der Waals surface area contributed by atoms with E-state index >= 15 is 0 Å². The van der Waals surface area contributed by atoms with Gasteiger partial charge in [0.25, 0.3) is 0 Å². The molecule has 1 fully saturated rings. The molecule has 6 heteroatoms. The highest BCUT2D eigenvalue weighted by molar-refractivity contribution is 5.94. The third-order valence-electron chi connectivity index (χ3n) is 3.67. The van der Waals surface area contributed by atoms with Crippen LogP contribution in [0.1, 0.15) is 50.4 Å². The van der Waals surface area contributed by atoms with Crippen molar-refractivity contribution in [1.29, 1.82) is 0 Å². The Morgan fingerprint density at radius 2 is 1.83 bits per heavy atom. The highest BCUT2D eigenvalue weighted by Gasteiger charge is 2.28. The van der Waals surface area contributed by atoms with Crippen molar-refractivity contribution in [2.75, 3.05) is 5.32 Å². The second kappa shape index (κ2) is 6.89. The summed E-state index contributed by atoms with van der Waals surface area (Å²) in [5.41, 5.74) is 0.361. The van der Waals surface area contributed by atoms with Gasteiger partial charge in [-0.3, -0.25) is 0 Å². The number of aromatic carboxylic acids is 1. The molecular formula is C17H24N2O4. The normalized spacial score (nSPS) is 20.8. The maximum Gasteiger partial charge on any atom is 0.407 e. The molecule has 1 amide bonds. The molecule has 23 heavy (non-hydrogen) atoms. The summed E-state index contributed by atoms with van der Waals surface area (Å²) in [6.45, 7) is 5.48. The number of rotatable bonds is 4. The number of anilines is 1. The molecule has 6 nitrogen and oxygen atoms in total. The highest BCUT2D eigenvalue weighted by Crippen LogP contribution is 2.25. The van der Waals surface area contributed by atoms with E-state index in [1.54, 1.807) is 24.3 Å². The van der Waals surface area contributed by atoms with Crippen LogP contribution in [0.15, 0.2) is 24.3 Å². The van der Waals surface area contributed by atoms with Crippen molar-refractivity contribution in [2.24, 2.45) is 0 Å². The Morgan fingerprint density at radius 3 is 2.48 bits per heavy atom. The minimum Gasteiger partial charge on any atom is -0.478 e. The summed E-state index contributed by atoms with van der Waals surface area (Å²) in [5, 5.41) is 15.3. The fourth-order valence-electron chi connectivity index (χ4n) is 2.73. The van der Waals surface area contributed by atoms with Crippen LogP contribution in [-0.2, 0) is 4.74 Å². The minimum atomic E-state index is -0.950. The van der Waals surface area contributed by atoms with Gasteiger partial charge in [-0.1, -0.05) is 12.1 Å². The van der Waals surface area contributed by atoms with E-state index in [-0.39, 0.29) is 17.6 Å². The van der Waals surface area contributed by atoms with Gasteiger partial charge in [0.15, 0.2) is 0 Å². The van der Waals surface area contributed by atoms with E-state index in [9.17, 15) is 14.7 Å². The van der Waals surface area contributed by atoms with E-state index in [0.29, 0.717) is 5.69 Å². The molecule has 2 atom stereocenters. The molecule has 2 unspecified atom stereocenters. The van der Waals surface area contributed by atoms with E-state index in [2.05, 4.69) is 10.6 Å². The standard InChI is InChI=1S/C17H24N2O4/c1-17(2,3)23-16(22)19-12-9-8-11(10-12)18-14-7-5-4-6-13(14)15(20)21/h4-7,11-12,18H,8-10H2,1-3H3,(H,19,22)(H,20,21). The topological polar surface area (TPSA) is 87.7 Å². The van der Waals surface area contributed by atoms with Gasteiger partial charge in [-0.2, -0.15) is 0 Å². The molecule has 3 N–H and O–H groups in total. The van der Waals surface area contributed by atoms with Crippen LogP contribution in [0.4, 0.5) is 10.5 Å². The number of carboxylic acids is 1. The summed E-state index contributed by atoms with van der Waals surface area (Å²) in [5.74, 6) is -0.950. The summed E-state index contributed by atoms with van der Waals surface area (Å²) >= 11 is 0. The molecule has 0 spiro atoms. The van der Waals surface area contributed by atoms with Gasteiger partial charge in [-0.25, -0.2) is 9.59 Å². The molecule has 0 heterocycles. The van der Waals surface area contributed by atoms with Crippen LogP contribution in [0.5, 0.6) is 0 Å². The molecule has 1 aliphatic rings. The summed E-state index contributed by atoms with van der Waals surface area (Å²) < 4.78 is 5.26. The smallest absolute Gasteiger partial charge is 0.407 e. The molecule has 0 aromatic heterocycles. The summed E-state index contributed by atoms with van der Waals surface area (Å²) in [6, 6.07) is 7.03. The lowest BCUT2D eigenvalue weighted by Crippen LogP contribution is -2.38. The third kappa shape index (κ3) is 5.16. The fourth-order valence-corrected chi connectivity index (χ4v) is 2.73. The zero-order valence-electron chi connectivity index (χ0n) is 13.8. The van der Waals surface area contributed by atoms with Gasteiger partial charge < -0.3 is 20.5 Å². The molecule has 0 radical (unpaired) electrons. The number of para-hydroxylation sites is 1. The quantitative estimate of drug-likeness (QED) is 0.792. The predicted molar refractivity (Wildman–Crippen MR) is 87.8 cm³/mol. The lowest BCUT2D eigenvalue weighted by atomic mass is 10.1. The number of nitrogens with one attached hydrogen (secondary N) is 2. The Kier molecular flexibility index (Phi) is 5.13. The Bertz CT molecular complexity index is 580. The largest absolute Gasteiger partial charge is 0.478 e. The van der Waals surface area contributed by atoms with Crippen LogP contribution >= 0.6 is 0 Å². The molecular weight excluding hydrogens is 296 g/mol. The van der Waals surface area contributed by atoms with E-state index in [1.165, 1.54) is 0 Å². The number of hydrogen-bond donors (Lipinski definition) is 3. The van der Waals surface area contributed by atoms with Crippen molar-refractivity contribution in [3.63, 3.8) is 0 Å². The van der Waals surface area contributed by atoms with Crippen molar-refractivity contribution in [1.82, 2.24) is 5.32 Å². The first-order chi connectivity index (χ1) is 10.7. The number of carbonyl (C=O) groups is 2. The molecule has 2 rings (SSSR count). The van der Waals surface area contributed by atoms with Crippen molar-refractivity contribution < 1.29 is 19.4 Å². The number of hydrogen-bond acceptors (Lipinski definition) is 4. The number of ether oxygens (including phenoxy) is 1. The van der Waals surface area contributed by atoms with Crippen molar-refractivity contribution in [3.05, 3.63) is 29.8 Å². The molecule has 0 saturated heterocycles. The number of alkyl carbamates (subject to hydrolysis) is 1. The summed E-state index contributed by atoms with van der Waals surface area (Å²) in [6.07, 6.45) is 2.04. The van der Waals surface area contributed by atoms with Crippen LogP contribution in [0.25, 0.3) is 0 Å². The Hall–Kier alpha value is -2.24. The molecule has 0 bridgehead atoms.